The number of alkyl halides is 2. The second-order valence-corrected chi connectivity index (χ2v) is 9.36. The van der Waals surface area contributed by atoms with Crippen LogP contribution in [-0.4, -0.2) is 51.4 Å². The summed E-state index contributed by atoms with van der Waals surface area (Å²) >= 11 is 7.03. The predicted octanol–water partition coefficient (Wildman–Crippen LogP) is 2.40. The first-order valence-corrected chi connectivity index (χ1v) is 10.8. The van der Waals surface area contributed by atoms with E-state index < -0.39 is 36.9 Å². The summed E-state index contributed by atoms with van der Waals surface area (Å²) in [6.45, 7) is 0.895. The molecule has 7 nitrogen and oxygen atoms in total. The van der Waals surface area contributed by atoms with Crippen LogP contribution >= 0.6 is 31.9 Å². The van der Waals surface area contributed by atoms with Crippen molar-refractivity contribution in [2.24, 2.45) is 11.8 Å². The molecule has 9 heteroatoms. The fourth-order valence-corrected chi connectivity index (χ4v) is 4.78. The van der Waals surface area contributed by atoms with Crippen LogP contribution in [0, 0.1) is 18.8 Å². The molecule has 1 saturated carbocycles. The summed E-state index contributed by atoms with van der Waals surface area (Å²) in [7, 11) is 0. The number of rotatable bonds is 5. The van der Waals surface area contributed by atoms with Gasteiger partial charge in [-0.25, -0.2) is 0 Å². The Morgan fingerprint density at radius 3 is 2.25 bits per heavy atom. The summed E-state index contributed by atoms with van der Waals surface area (Å²) in [6, 6.07) is 7.23. The predicted molar refractivity (Wildman–Crippen MR) is 109 cm³/mol. The minimum absolute atomic E-state index is 0.0996. The summed E-state index contributed by atoms with van der Waals surface area (Å²) in [5, 5.41) is 2.65. The van der Waals surface area contributed by atoms with Gasteiger partial charge in [-0.1, -0.05) is 50.1 Å². The van der Waals surface area contributed by atoms with Crippen LogP contribution in [0.15, 0.2) is 24.3 Å². The molecule has 28 heavy (non-hydrogen) atoms. The highest BCUT2D eigenvalue weighted by atomic mass is 79.9. The molecule has 1 aromatic carbocycles. The Hall–Kier alpha value is -1.74. The zero-order valence-electron chi connectivity index (χ0n) is 15.2. The van der Waals surface area contributed by atoms with E-state index in [0.29, 0.717) is 18.5 Å². The van der Waals surface area contributed by atoms with E-state index in [4.69, 9.17) is 4.74 Å². The lowest BCUT2D eigenvalue weighted by atomic mass is 9.81. The number of imide groups is 1. The van der Waals surface area contributed by atoms with E-state index >= 15 is 0 Å². The lowest BCUT2D eigenvalue weighted by Crippen LogP contribution is -2.37. The number of ether oxygens (including phenoxy) is 1. The van der Waals surface area contributed by atoms with Crippen molar-refractivity contribution in [3.63, 3.8) is 0 Å². The molecule has 0 unspecified atom stereocenters. The first-order valence-electron chi connectivity index (χ1n) is 8.92. The standard InChI is InChI=1S/C19H20Br2N2O5/c1-10-4-2-3-5-15(10)22-16(24)9-28-17(25)8-23-18(26)11-6-13(20)14(21)7-12(11)19(23)27/h2-5,11-14H,6-9H2,1H3,(H,22,24)/t11-,12+,13+,14-. The zero-order chi connectivity index (χ0) is 20.4. The second-order valence-electron chi connectivity index (χ2n) is 7.00. The number of aryl methyl sites for hydroxylation is 1. The Morgan fingerprint density at radius 2 is 1.68 bits per heavy atom. The number of fused-ring (bicyclic) bond motifs is 1. The van der Waals surface area contributed by atoms with Crippen molar-refractivity contribution < 1.29 is 23.9 Å². The average molecular weight is 516 g/mol. The third-order valence-corrected chi connectivity index (χ3v) is 7.81. The van der Waals surface area contributed by atoms with Crippen LogP contribution in [0.2, 0.25) is 0 Å². The quantitative estimate of drug-likeness (QED) is 0.369. The van der Waals surface area contributed by atoms with Gasteiger partial charge in [0.25, 0.3) is 5.91 Å². The first-order chi connectivity index (χ1) is 13.3. The molecule has 1 N–H and O–H groups in total. The Kier molecular flexibility index (Phi) is 6.54. The number of halogens is 2. The number of amides is 3. The van der Waals surface area contributed by atoms with Crippen LogP contribution in [-0.2, 0) is 23.9 Å². The molecule has 0 bridgehead atoms. The van der Waals surface area contributed by atoms with Gasteiger partial charge in [0.1, 0.15) is 6.54 Å². The second kappa shape index (κ2) is 8.73. The van der Waals surface area contributed by atoms with E-state index in [0.717, 1.165) is 10.5 Å². The number of esters is 1. The third kappa shape index (κ3) is 4.46. The summed E-state index contributed by atoms with van der Waals surface area (Å²) in [6.07, 6.45) is 1.07. The Balaban J connectivity index is 1.52. The van der Waals surface area contributed by atoms with Crippen LogP contribution in [0.25, 0.3) is 0 Å². The Morgan fingerprint density at radius 1 is 1.11 bits per heavy atom. The van der Waals surface area contributed by atoms with Crippen molar-refractivity contribution in [2.75, 3.05) is 18.5 Å². The number of likely N-dealkylation sites (tertiary alicyclic amines) is 1. The lowest BCUT2D eigenvalue weighted by molar-refractivity contribution is -0.154. The minimum Gasteiger partial charge on any atom is -0.454 e. The van der Waals surface area contributed by atoms with Crippen molar-refractivity contribution in [2.45, 2.75) is 29.4 Å². The van der Waals surface area contributed by atoms with Gasteiger partial charge in [0.2, 0.25) is 11.8 Å². The molecule has 2 aliphatic rings. The van der Waals surface area contributed by atoms with Crippen molar-refractivity contribution in [1.82, 2.24) is 4.90 Å². The number of carbonyl (C=O) groups is 4. The summed E-state index contributed by atoms with van der Waals surface area (Å²) < 4.78 is 4.95. The maximum Gasteiger partial charge on any atom is 0.326 e. The smallest absolute Gasteiger partial charge is 0.326 e. The first kappa shape index (κ1) is 21.0. The number of hydrogen-bond donors (Lipinski definition) is 1. The van der Waals surface area contributed by atoms with Crippen LogP contribution < -0.4 is 5.32 Å². The van der Waals surface area contributed by atoms with Gasteiger partial charge >= 0.3 is 5.97 Å². The van der Waals surface area contributed by atoms with Crippen LogP contribution in [0.1, 0.15) is 18.4 Å². The fraction of sp³-hybridized carbons (Fsp3) is 0.474. The number of nitrogens with one attached hydrogen (secondary N) is 1. The Labute approximate surface area is 179 Å². The molecule has 1 aliphatic heterocycles. The van der Waals surface area contributed by atoms with Gasteiger partial charge in [-0.05, 0) is 31.4 Å². The molecular formula is C19H20Br2N2O5. The van der Waals surface area contributed by atoms with E-state index in [9.17, 15) is 19.2 Å². The molecule has 1 saturated heterocycles. The number of benzene rings is 1. The van der Waals surface area contributed by atoms with Gasteiger partial charge in [0.15, 0.2) is 6.61 Å². The van der Waals surface area contributed by atoms with Gasteiger partial charge in [-0.15, -0.1) is 0 Å². The van der Waals surface area contributed by atoms with Gasteiger partial charge in [-0.3, -0.25) is 24.1 Å². The number of nitrogens with zero attached hydrogens (tertiary/aromatic N) is 1. The molecule has 4 atom stereocenters. The maximum atomic E-state index is 12.5. The van der Waals surface area contributed by atoms with E-state index in [1.165, 1.54) is 0 Å². The topological polar surface area (TPSA) is 92.8 Å². The normalized spacial score (nSPS) is 26.8. The molecule has 3 rings (SSSR count). The van der Waals surface area contributed by atoms with Gasteiger partial charge in [-0.2, -0.15) is 0 Å². The molecule has 150 valence electrons. The van der Waals surface area contributed by atoms with Crippen molar-refractivity contribution >= 4 is 61.2 Å². The summed E-state index contributed by atoms with van der Waals surface area (Å²) in [4.78, 5) is 50.3. The SMILES string of the molecule is Cc1ccccc1NC(=O)COC(=O)CN1C(=O)[C@H]2C[C@@H](Br)[C@@H](Br)C[C@H]2C1=O. The molecule has 1 aromatic rings. The van der Waals surface area contributed by atoms with Crippen molar-refractivity contribution in [1.29, 1.82) is 0 Å². The highest BCUT2D eigenvalue weighted by Gasteiger charge is 2.52. The largest absolute Gasteiger partial charge is 0.454 e. The number of carbonyl (C=O) groups excluding carboxylic acids is 4. The molecule has 0 spiro atoms. The van der Waals surface area contributed by atoms with Crippen LogP contribution in [0.5, 0.6) is 0 Å². The van der Waals surface area contributed by atoms with E-state index in [-0.39, 0.29) is 21.5 Å². The van der Waals surface area contributed by atoms with Gasteiger partial charge < -0.3 is 10.1 Å². The highest BCUT2D eigenvalue weighted by Crippen LogP contribution is 2.43. The summed E-state index contributed by atoms with van der Waals surface area (Å²) in [5.74, 6) is -2.79. The molecule has 1 aliphatic carbocycles. The van der Waals surface area contributed by atoms with E-state index in [2.05, 4.69) is 37.2 Å². The molecular weight excluding hydrogens is 496 g/mol. The third-order valence-electron chi connectivity index (χ3n) is 5.07. The maximum absolute atomic E-state index is 12.5. The van der Waals surface area contributed by atoms with Gasteiger partial charge in [0, 0.05) is 15.3 Å². The molecule has 0 aromatic heterocycles. The van der Waals surface area contributed by atoms with Crippen molar-refractivity contribution in [3.05, 3.63) is 29.8 Å². The number of para-hydroxylation sites is 1. The summed E-state index contributed by atoms with van der Waals surface area (Å²) in [5.41, 5.74) is 1.51. The van der Waals surface area contributed by atoms with Crippen molar-refractivity contribution in [3.8, 4) is 0 Å². The lowest BCUT2D eigenvalue weighted by Gasteiger charge is -2.29. The highest BCUT2D eigenvalue weighted by molar-refractivity contribution is 9.12. The fourth-order valence-electron chi connectivity index (χ4n) is 3.54. The number of hydrogen-bond acceptors (Lipinski definition) is 5. The van der Waals surface area contributed by atoms with E-state index in [1.807, 2.05) is 19.1 Å². The van der Waals surface area contributed by atoms with Crippen LogP contribution in [0.3, 0.4) is 0 Å². The molecule has 2 fully saturated rings. The molecule has 1 heterocycles. The minimum atomic E-state index is -0.786. The molecule has 0 radical (unpaired) electrons. The van der Waals surface area contributed by atoms with Crippen LogP contribution in [0.4, 0.5) is 5.69 Å². The van der Waals surface area contributed by atoms with Gasteiger partial charge in [0.05, 0.1) is 11.8 Å². The molecule has 3 amide bonds. The van der Waals surface area contributed by atoms with E-state index in [1.54, 1.807) is 12.1 Å². The zero-order valence-corrected chi connectivity index (χ0v) is 18.4. The monoisotopic (exact) mass is 514 g/mol. The number of anilines is 1. The Bertz CT molecular complexity index is 787. The average Bonchev–Trinajstić information content (AvgIpc) is 2.87.